The molecule has 16 heavy (non-hydrogen) atoms. The fourth-order valence-electron chi connectivity index (χ4n) is 1.96. The van der Waals surface area contributed by atoms with Crippen LogP contribution in [0.25, 0.3) is 0 Å². The van der Waals surface area contributed by atoms with Gasteiger partial charge in [-0.25, -0.2) is 0 Å². The Labute approximate surface area is 93.5 Å². The lowest BCUT2D eigenvalue weighted by atomic mass is 10.1. The van der Waals surface area contributed by atoms with E-state index in [0.29, 0.717) is 5.56 Å². The number of nitriles is 1. The molecule has 0 spiro atoms. The van der Waals surface area contributed by atoms with Crippen molar-refractivity contribution in [1.29, 1.82) is 5.26 Å². The van der Waals surface area contributed by atoms with Crippen LogP contribution in [-0.2, 0) is 0 Å². The second-order valence-corrected chi connectivity index (χ2v) is 3.88. The van der Waals surface area contributed by atoms with E-state index in [1.807, 2.05) is 0 Å². The summed E-state index contributed by atoms with van der Waals surface area (Å²) in [5.41, 5.74) is 0.485. The molecule has 5 nitrogen and oxygen atoms in total. The Morgan fingerprint density at radius 1 is 1.50 bits per heavy atom. The van der Waals surface area contributed by atoms with Gasteiger partial charge in [0.15, 0.2) is 0 Å². The second kappa shape index (κ2) is 4.71. The zero-order chi connectivity index (χ0) is 11.4. The topological polar surface area (TPSA) is 78.7 Å². The van der Waals surface area contributed by atoms with E-state index in [4.69, 9.17) is 5.26 Å². The quantitative estimate of drug-likeness (QED) is 0.796. The van der Waals surface area contributed by atoms with Crippen LogP contribution < -0.4 is 5.32 Å². The Kier molecular flexibility index (Phi) is 3.10. The number of aromatic nitrogens is 2. The van der Waals surface area contributed by atoms with Crippen LogP contribution in [0.5, 0.6) is 0 Å². The fourth-order valence-corrected chi connectivity index (χ4v) is 1.96. The van der Waals surface area contributed by atoms with Crippen molar-refractivity contribution in [3.8, 4) is 6.07 Å². The van der Waals surface area contributed by atoms with Crippen molar-refractivity contribution in [2.24, 2.45) is 5.92 Å². The lowest BCUT2D eigenvalue weighted by Crippen LogP contribution is -2.36. The Bertz CT molecular complexity index is 412. The summed E-state index contributed by atoms with van der Waals surface area (Å²) >= 11 is 0. The van der Waals surface area contributed by atoms with Crippen molar-refractivity contribution in [1.82, 2.24) is 15.5 Å². The minimum Gasteiger partial charge on any atom is -0.348 e. The minimum atomic E-state index is -0.179. The molecule has 0 aliphatic heterocycles. The molecule has 1 aliphatic carbocycles. The largest absolute Gasteiger partial charge is 0.348 e. The average Bonchev–Trinajstić information content (AvgIpc) is 2.77. The maximum atomic E-state index is 11.8. The van der Waals surface area contributed by atoms with Gasteiger partial charge >= 0.3 is 0 Å². The molecule has 2 atom stereocenters. The summed E-state index contributed by atoms with van der Waals surface area (Å²) in [5, 5.41) is 19.0. The Hall–Kier alpha value is -1.96. The van der Waals surface area contributed by atoms with E-state index in [2.05, 4.69) is 21.6 Å². The number of amides is 1. The lowest BCUT2D eigenvalue weighted by Gasteiger charge is -2.15. The highest BCUT2D eigenvalue weighted by molar-refractivity contribution is 5.93. The van der Waals surface area contributed by atoms with Crippen molar-refractivity contribution >= 4 is 5.91 Å². The first-order valence-electron chi connectivity index (χ1n) is 5.28. The summed E-state index contributed by atoms with van der Waals surface area (Å²) in [7, 11) is 0. The Morgan fingerprint density at radius 2 is 2.38 bits per heavy atom. The van der Waals surface area contributed by atoms with E-state index in [1.54, 1.807) is 6.07 Å². The van der Waals surface area contributed by atoms with Crippen molar-refractivity contribution in [2.75, 3.05) is 0 Å². The maximum Gasteiger partial charge on any atom is 0.253 e. The molecule has 2 unspecified atom stereocenters. The Morgan fingerprint density at radius 3 is 3.06 bits per heavy atom. The van der Waals surface area contributed by atoms with Crippen LogP contribution in [0, 0.1) is 17.2 Å². The molecule has 1 aromatic rings. The van der Waals surface area contributed by atoms with E-state index in [1.165, 1.54) is 12.4 Å². The average molecular weight is 216 g/mol. The number of rotatable bonds is 2. The van der Waals surface area contributed by atoms with Gasteiger partial charge in [-0.2, -0.15) is 15.5 Å². The van der Waals surface area contributed by atoms with Crippen molar-refractivity contribution in [3.63, 3.8) is 0 Å². The lowest BCUT2D eigenvalue weighted by molar-refractivity contribution is 0.0932. The molecule has 0 aromatic carbocycles. The summed E-state index contributed by atoms with van der Waals surface area (Å²) in [6.45, 7) is 0. The molecule has 0 saturated heterocycles. The zero-order valence-electron chi connectivity index (χ0n) is 8.76. The molecule has 1 N–H and O–H groups in total. The van der Waals surface area contributed by atoms with Crippen LogP contribution in [0.2, 0.25) is 0 Å². The van der Waals surface area contributed by atoms with Gasteiger partial charge in [0, 0.05) is 6.04 Å². The molecule has 0 radical (unpaired) electrons. The van der Waals surface area contributed by atoms with Crippen LogP contribution in [-0.4, -0.2) is 22.1 Å². The second-order valence-electron chi connectivity index (χ2n) is 3.88. The first-order valence-corrected chi connectivity index (χ1v) is 5.28. The van der Waals surface area contributed by atoms with Crippen molar-refractivity contribution in [2.45, 2.75) is 25.3 Å². The summed E-state index contributed by atoms with van der Waals surface area (Å²) in [5.74, 6) is -0.235. The molecule has 1 aliphatic rings. The molecule has 1 amide bonds. The monoisotopic (exact) mass is 216 g/mol. The van der Waals surface area contributed by atoms with Crippen LogP contribution >= 0.6 is 0 Å². The van der Waals surface area contributed by atoms with E-state index in [9.17, 15) is 4.79 Å². The third-order valence-corrected chi connectivity index (χ3v) is 2.84. The van der Waals surface area contributed by atoms with Gasteiger partial charge in [-0.05, 0) is 25.3 Å². The summed E-state index contributed by atoms with van der Waals surface area (Å²) < 4.78 is 0. The van der Waals surface area contributed by atoms with E-state index in [-0.39, 0.29) is 17.9 Å². The molecule has 1 heterocycles. The number of carbonyl (C=O) groups is 1. The van der Waals surface area contributed by atoms with E-state index in [0.717, 1.165) is 19.3 Å². The number of hydrogen-bond donors (Lipinski definition) is 1. The van der Waals surface area contributed by atoms with Crippen molar-refractivity contribution in [3.05, 3.63) is 24.0 Å². The number of nitrogens with zero attached hydrogens (tertiary/aromatic N) is 3. The maximum absolute atomic E-state index is 11.8. The van der Waals surface area contributed by atoms with E-state index >= 15 is 0 Å². The van der Waals surface area contributed by atoms with Gasteiger partial charge in [0.25, 0.3) is 5.91 Å². The standard InChI is InChI=1S/C11H12N4O/c12-6-8-2-1-3-10(8)15-11(16)9-4-5-13-14-7-9/h4-5,7-8,10H,1-3H2,(H,15,16). The van der Waals surface area contributed by atoms with Gasteiger partial charge in [0.05, 0.1) is 29.9 Å². The summed E-state index contributed by atoms with van der Waals surface area (Å²) in [6, 6.07) is 3.82. The highest BCUT2D eigenvalue weighted by atomic mass is 16.1. The van der Waals surface area contributed by atoms with Crippen LogP contribution in [0.4, 0.5) is 0 Å². The van der Waals surface area contributed by atoms with Gasteiger partial charge in [-0.1, -0.05) is 0 Å². The SMILES string of the molecule is N#CC1CCCC1NC(=O)c1ccnnc1. The summed E-state index contributed by atoms with van der Waals surface area (Å²) in [6.07, 6.45) is 5.65. The van der Waals surface area contributed by atoms with Crippen molar-refractivity contribution < 1.29 is 4.79 Å². The number of carbonyl (C=O) groups excluding carboxylic acids is 1. The van der Waals surface area contributed by atoms with Gasteiger partial charge in [-0.3, -0.25) is 4.79 Å². The molecule has 5 heteroatoms. The highest BCUT2D eigenvalue weighted by Crippen LogP contribution is 2.24. The summed E-state index contributed by atoms with van der Waals surface area (Å²) in [4.78, 5) is 11.8. The van der Waals surface area contributed by atoms with Crippen LogP contribution in [0.15, 0.2) is 18.5 Å². The van der Waals surface area contributed by atoms with E-state index < -0.39 is 0 Å². The molecule has 0 bridgehead atoms. The highest BCUT2D eigenvalue weighted by Gasteiger charge is 2.28. The van der Waals surface area contributed by atoms with Crippen LogP contribution in [0.1, 0.15) is 29.6 Å². The fraction of sp³-hybridized carbons (Fsp3) is 0.455. The third-order valence-electron chi connectivity index (χ3n) is 2.84. The Balaban J connectivity index is 2.01. The molecule has 82 valence electrons. The molecule has 1 fully saturated rings. The van der Waals surface area contributed by atoms with Gasteiger partial charge in [-0.15, -0.1) is 0 Å². The predicted molar refractivity (Wildman–Crippen MR) is 56.2 cm³/mol. The smallest absolute Gasteiger partial charge is 0.253 e. The zero-order valence-corrected chi connectivity index (χ0v) is 8.76. The molecule has 2 rings (SSSR count). The molecular formula is C11H12N4O. The first kappa shape index (κ1) is 10.6. The number of hydrogen-bond acceptors (Lipinski definition) is 4. The molecule has 1 saturated carbocycles. The van der Waals surface area contributed by atoms with Gasteiger partial charge in [0.1, 0.15) is 0 Å². The normalized spacial score (nSPS) is 23.7. The minimum absolute atomic E-state index is 0.0225. The predicted octanol–water partition coefficient (Wildman–Crippen LogP) is 0.899. The van der Waals surface area contributed by atoms with Crippen LogP contribution in [0.3, 0.4) is 0 Å². The number of nitrogens with one attached hydrogen (secondary N) is 1. The molecule has 1 aromatic heterocycles. The van der Waals surface area contributed by atoms with Gasteiger partial charge in [0.2, 0.25) is 0 Å². The van der Waals surface area contributed by atoms with Gasteiger partial charge < -0.3 is 5.32 Å². The first-order chi connectivity index (χ1) is 7.81. The third kappa shape index (κ3) is 2.16. The molecular weight excluding hydrogens is 204 g/mol.